The molecule has 11 heteroatoms. The predicted molar refractivity (Wildman–Crippen MR) is 241 cm³/mol. The fourth-order valence-corrected chi connectivity index (χ4v) is 7.64. The molecule has 0 saturated carbocycles. The zero-order chi connectivity index (χ0) is 41.5. The highest BCUT2D eigenvalue weighted by Gasteiger charge is 2.10. The zero-order valence-electron chi connectivity index (χ0n) is 33.7. The Balaban J connectivity index is 0.000000197. The van der Waals surface area contributed by atoms with Crippen LogP contribution < -0.4 is 21.6 Å². The highest BCUT2D eigenvalue weighted by molar-refractivity contribution is 7.12. The number of allylic oxidation sites excluding steroid dienone is 3. The van der Waals surface area contributed by atoms with Gasteiger partial charge in [0, 0.05) is 29.7 Å². The third kappa shape index (κ3) is 14.5. The Kier molecular flexibility index (Phi) is 19.6. The van der Waals surface area contributed by atoms with Crippen molar-refractivity contribution in [2.24, 2.45) is 0 Å². The summed E-state index contributed by atoms with van der Waals surface area (Å²) in [4.78, 5) is 27.2. The maximum Gasteiger partial charge on any atom is 0.284 e. The van der Waals surface area contributed by atoms with Gasteiger partial charge in [0.2, 0.25) is 5.91 Å². The van der Waals surface area contributed by atoms with Gasteiger partial charge < -0.3 is 15.6 Å². The molecule has 1 aliphatic carbocycles. The minimum Gasteiger partial charge on any atom is -0.364 e. The third-order valence-corrected chi connectivity index (χ3v) is 10.9. The van der Waals surface area contributed by atoms with Crippen molar-refractivity contribution in [1.82, 2.24) is 26.6 Å². The van der Waals surface area contributed by atoms with Gasteiger partial charge in [0.05, 0.1) is 11.3 Å². The molecule has 0 aliphatic heterocycles. The second-order valence-electron chi connectivity index (χ2n) is 13.2. The van der Waals surface area contributed by atoms with Crippen LogP contribution in [0.25, 0.3) is 28.3 Å². The molecule has 0 spiro atoms. The topological polar surface area (TPSA) is 139 Å². The van der Waals surface area contributed by atoms with E-state index < -0.39 is 5.91 Å². The first kappa shape index (κ1) is 45.3. The Morgan fingerprint density at radius 2 is 1.45 bits per heavy atom. The van der Waals surface area contributed by atoms with Gasteiger partial charge in [-0.3, -0.25) is 20.0 Å². The number of H-pyrrole nitrogens is 1. The van der Waals surface area contributed by atoms with E-state index in [-0.39, 0.29) is 12.3 Å². The molecule has 3 aromatic heterocycles. The monoisotopic (exact) mass is 817 g/mol. The number of hydroxylamine groups is 2. The normalized spacial score (nSPS) is 11.1. The molecule has 9 nitrogen and oxygen atoms in total. The lowest BCUT2D eigenvalue weighted by Crippen LogP contribution is -2.20. The number of nitrogens with one attached hydrogen (secondary N) is 5. The first-order chi connectivity index (χ1) is 28.4. The van der Waals surface area contributed by atoms with E-state index in [0.717, 1.165) is 66.0 Å². The van der Waals surface area contributed by atoms with Gasteiger partial charge >= 0.3 is 0 Å². The third-order valence-electron chi connectivity index (χ3n) is 9.04. The molecule has 0 unspecified atom stereocenters. The first-order valence-corrected chi connectivity index (χ1v) is 21.2. The van der Waals surface area contributed by atoms with Gasteiger partial charge in [0.1, 0.15) is 0 Å². The number of hydrogen-bond acceptors (Lipinski definition) is 8. The zero-order valence-corrected chi connectivity index (χ0v) is 35.3. The van der Waals surface area contributed by atoms with Crippen molar-refractivity contribution in [2.75, 3.05) is 20.1 Å². The Hall–Kier alpha value is -5.40. The molecule has 1 aliphatic rings. The summed E-state index contributed by atoms with van der Waals surface area (Å²) in [6.45, 7) is 8.85. The molecule has 7 N–H and O–H groups in total. The van der Waals surface area contributed by atoms with E-state index in [4.69, 9.17) is 10.4 Å². The maximum atomic E-state index is 11.4. The van der Waals surface area contributed by atoms with Crippen LogP contribution in [0.15, 0.2) is 126 Å². The van der Waals surface area contributed by atoms with Crippen LogP contribution in [0.5, 0.6) is 0 Å². The van der Waals surface area contributed by atoms with Gasteiger partial charge in [-0.25, -0.2) is 11.0 Å². The predicted octanol–water partition coefficient (Wildman–Crippen LogP) is 9.57. The molecule has 58 heavy (non-hydrogen) atoms. The SMILES string of the molecule is CC.CNCCc1c[nH]c2c1C=CC=CC2.Cc1ccc(-c2csc(CC(=O)NO)c2)cc1.O=C(NO)c1cc(-c2ccc(CNCCc3ccccc3)cc2)cs1. The molecule has 0 bridgehead atoms. The average Bonchev–Trinajstić information content (AvgIpc) is 4.01. The van der Waals surface area contributed by atoms with Crippen molar-refractivity contribution in [3.63, 3.8) is 0 Å². The number of aryl methyl sites for hydroxylation is 1. The van der Waals surface area contributed by atoms with Crippen LogP contribution in [0.1, 0.15) is 61.9 Å². The summed E-state index contributed by atoms with van der Waals surface area (Å²) in [5.74, 6) is -0.863. The number of thiophene rings is 2. The summed E-state index contributed by atoms with van der Waals surface area (Å²) in [5.41, 5.74) is 15.5. The highest BCUT2D eigenvalue weighted by atomic mass is 32.1. The standard InChI is InChI=1S/C20H20N2O2S.C13H13NO2S.C12H16N2.C2H6/c23-20(22-24)19-12-18(14-25-19)17-8-6-16(7-9-17)13-21-11-10-15-4-2-1-3-5-15;1-9-2-4-10(5-3-9)11-6-12(17-8-11)7-13(15)14-16;1-13-8-7-10-9-14-12-6-4-2-3-5-11(10)12;1-2/h1-9,12,14,21,24H,10-11,13H2,(H,22,23);2-6,8,16H,7H2,1H3,(H,14,15);2-5,9,13-14H,6-8H2,1H3;1-2H3. The quantitative estimate of drug-likeness (QED) is 0.0352. The molecule has 3 aromatic carbocycles. The molecule has 0 radical (unpaired) electrons. The summed E-state index contributed by atoms with van der Waals surface area (Å²) >= 11 is 2.83. The summed E-state index contributed by atoms with van der Waals surface area (Å²) in [5, 5.41) is 27.7. The molecule has 6 aromatic rings. The molecule has 0 fully saturated rings. The smallest absolute Gasteiger partial charge is 0.284 e. The van der Waals surface area contributed by atoms with E-state index >= 15 is 0 Å². The Morgan fingerprint density at radius 3 is 2.14 bits per heavy atom. The van der Waals surface area contributed by atoms with Crippen LogP contribution in [-0.2, 0) is 37.0 Å². The Labute approximate surface area is 350 Å². The fourth-order valence-electron chi connectivity index (χ4n) is 5.94. The van der Waals surface area contributed by atoms with Gasteiger partial charge in [-0.05, 0) is 107 Å². The fraction of sp³-hybridized carbons (Fsp3) is 0.234. The number of fused-ring (bicyclic) bond motifs is 1. The van der Waals surface area contributed by atoms with Crippen LogP contribution in [0.4, 0.5) is 0 Å². The van der Waals surface area contributed by atoms with Crippen molar-refractivity contribution in [3.8, 4) is 22.3 Å². The van der Waals surface area contributed by atoms with Gasteiger partial charge in [-0.2, -0.15) is 0 Å². The lowest BCUT2D eigenvalue weighted by Gasteiger charge is -2.06. The average molecular weight is 818 g/mol. The van der Waals surface area contributed by atoms with Crippen molar-refractivity contribution in [1.29, 1.82) is 0 Å². The molecule has 2 amide bonds. The van der Waals surface area contributed by atoms with Gasteiger partial charge in [-0.15, -0.1) is 22.7 Å². The van der Waals surface area contributed by atoms with E-state index in [2.05, 4.69) is 126 Å². The van der Waals surface area contributed by atoms with Crippen LogP contribution >= 0.6 is 22.7 Å². The number of rotatable bonds is 13. The second kappa shape index (κ2) is 25.1. The van der Waals surface area contributed by atoms with Crippen LogP contribution in [-0.4, -0.2) is 47.4 Å². The number of amides is 2. The van der Waals surface area contributed by atoms with Crippen molar-refractivity contribution >= 4 is 40.6 Å². The molecule has 7 rings (SSSR count). The van der Waals surface area contributed by atoms with E-state index in [1.165, 1.54) is 56.2 Å². The number of hydrogen-bond donors (Lipinski definition) is 7. The number of benzene rings is 3. The first-order valence-electron chi connectivity index (χ1n) is 19.5. The molecule has 0 saturated heterocycles. The number of carbonyl (C=O) groups is 2. The van der Waals surface area contributed by atoms with Crippen LogP contribution in [0.2, 0.25) is 0 Å². The number of aromatic amines is 1. The Morgan fingerprint density at radius 1 is 0.759 bits per heavy atom. The lowest BCUT2D eigenvalue weighted by molar-refractivity contribution is -0.128. The summed E-state index contributed by atoms with van der Waals surface area (Å²) in [6.07, 6.45) is 14.1. The summed E-state index contributed by atoms with van der Waals surface area (Å²) in [6, 6.07) is 30.7. The van der Waals surface area contributed by atoms with Gasteiger partial charge in [0.25, 0.3) is 5.91 Å². The largest absolute Gasteiger partial charge is 0.364 e. The number of aromatic nitrogens is 1. The van der Waals surface area contributed by atoms with Crippen LogP contribution in [0.3, 0.4) is 0 Å². The van der Waals surface area contributed by atoms with E-state index in [1.807, 2.05) is 43.8 Å². The van der Waals surface area contributed by atoms with E-state index in [1.54, 1.807) is 17.0 Å². The van der Waals surface area contributed by atoms with Gasteiger partial charge in [-0.1, -0.05) is 123 Å². The van der Waals surface area contributed by atoms with Crippen LogP contribution in [0, 0.1) is 6.92 Å². The highest BCUT2D eigenvalue weighted by Crippen LogP contribution is 2.27. The molecule has 3 heterocycles. The minimum atomic E-state index is -0.476. The van der Waals surface area contributed by atoms with Crippen molar-refractivity contribution in [3.05, 3.63) is 169 Å². The van der Waals surface area contributed by atoms with Crippen molar-refractivity contribution in [2.45, 2.75) is 53.0 Å². The number of likely N-dealkylation sites (N-methyl/N-ethyl adjacent to an activating group) is 1. The molecular weight excluding hydrogens is 763 g/mol. The second-order valence-corrected chi connectivity index (χ2v) is 15.1. The summed E-state index contributed by atoms with van der Waals surface area (Å²) in [7, 11) is 1.99. The molecular formula is C47H55N5O4S2. The Bertz CT molecular complexity index is 2170. The van der Waals surface area contributed by atoms with E-state index in [9.17, 15) is 9.59 Å². The molecule has 0 atom stereocenters. The minimum absolute atomic E-state index is 0.215. The lowest BCUT2D eigenvalue weighted by atomic mass is 10.1. The van der Waals surface area contributed by atoms with E-state index in [0.29, 0.717) is 4.88 Å². The molecule has 304 valence electrons. The van der Waals surface area contributed by atoms with Crippen molar-refractivity contribution < 1.29 is 20.0 Å². The number of carbonyl (C=O) groups excluding carboxylic acids is 2. The summed E-state index contributed by atoms with van der Waals surface area (Å²) < 4.78 is 0. The maximum absolute atomic E-state index is 11.4. The van der Waals surface area contributed by atoms with Gasteiger partial charge in [0.15, 0.2) is 0 Å².